The van der Waals surface area contributed by atoms with Crippen LogP contribution in [0.2, 0.25) is 0 Å². The highest BCUT2D eigenvalue weighted by atomic mass is 16.5. The quantitative estimate of drug-likeness (QED) is 0.536. The molecule has 4 rings (SSSR count). The Hall–Kier alpha value is -3.41. The predicted molar refractivity (Wildman–Crippen MR) is 86.6 cm³/mol. The lowest BCUT2D eigenvalue weighted by Crippen LogP contribution is -1.97. The Morgan fingerprint density at radius 1 is 0.917 bits per heavy atom. The van der Waals surface area contributed by atoms with Gasteiger partial charge in [0.1, 0.15) is 11.3 Å². The molecule has 118 valence electrons. The largest absolute Gasteiger partial charge is 0.484 e. The predicted octanol–water partition coefficient (Wildman–Crippen LogP) is 3.42. The van der Waals surface area contributed by atoms with E-state index in [0.717, 1.165) is 10.9 Å². The average Bonchev–Trinajstić information content (AvgIpc) is 3.09. The molecule has 0 spiro atoms. The summed E-state index contributed by atoms with van der Waals surface area (Å²) in [5.41, 5.74) is 0.920. The molecule has 2 aromatic carbocycles. The van der Waals surface area contributed by atoms with Crippen LogP contribution in [0.3, 0.4) is 0 Å². The first-order valence-corrected chi connectivity index (χ1v) is 7.32. The maximum Gasteiger partial charge on any atom is 0.336 e. The van der Waals surface area contributed by atoms with Gasteiger partial charge in [-0.2, -0.15) is 0 Å². The zero-order valence-corrected chi connectivity index (χ0v) is 12.5. The van der Waals surface area contributed by atoms with Crippen LogP contribution in [0.1, 0.15) is 5.89 Å². The molecule has 0 aliphatic heterocycles. The maximum absolute atomic E-state index is 11.3. The lowest BCUT2D eigenvalue weighted by molar-refractivity contribution is 0.264. The molecule has 0 unspecified atom stereocenters. The Balaban J connectivity index is 1.51. The molecule has 6 nitrogen and oxygen atoms in total. The van der Waals surface area contributed by atoms with Gasteiger partial charge in [0.25, 0.3) is 5.89 Å². The first kappa shape index (κ1) is 14.2. The van der Waals surface area contributed by atoms with Crippen LogP contribution in [0.15, 0.2) is 74.3 Å². The summed E-state index contributed by atoms with van der Waals surface area (Å²) in [5.74, 6) is 1.36. The summed E-state index contributed by atoms with van der Waals surface area (Å²) in [4.78, 5) is 11.3. The summed E-state index contributed by atoms with van der Waals surface area (Å²) in [6.45, 7) is 0.127. The summed E-state index contributed by atoms with van der Waals surface area (Å²) >= 11 is 0. The van der Waals surface area contributed by atoms with E-state index in [1.54, 1.807) is 18.2 Å². The van der Waals surface area contributed by atoms with Gasteiger partial charge in [-0.3, -0.25) is 0 Å². The highest BCUT2D eigenvalue weighted by Gasteiger charge is 2.09. The van der Waals surface area contributed by atoms with E-state index in [2.05, 4.69) is 10.2 Å². The van der Waals surface area contributed by atoms with Gasteiger partial charge in [0.15, 0.2) is 6.61 Å². The molecule has 2 aromatic heterocycles. The zero-order chi connectivity index (χ0) is 16.4. The average molecular weight is 320 g/mol. The summed E-state index contributed by atoms with van der Waals surface area (Å²) < 4.78 is 16.3. The van der Waals surface area contributed by atoms with E-state index in [4.69, 9.17) is 13.6 Å². The van der Waals surface area contributed by atoms with E-state index in [-0.39, 0.29) is 6.61 Å². The molecular weight excluding hydrogens is 308 g/mol. The van der Waals surface area contributed by atoms with Crippen LogP contribution in [-0.4, -0.2) is 10.2 Å². The third kappa shape index (κ3) is 2.89. The molecule has 0 fully saturated rings. The second-order valence-electron chi connectivity index (χ2n) is 5.11. The Bertz CT molecular complexity index is 1040. The molecule has 24 heavy (non-hydrogen) atoms. The van der Waals surface area contributed by atoms with Crippen molar-refractivity contribution in [2.75, 3.05) is 0 Å². The summed E-state index contributed by atoms with van der Waals surface area (Å²) in [7, 11) is 0. The number of hydrogen-bond donors (Lipinski definition) is 0. The van der Waals surface area contributed by atoms with Crippen molar-refractivity contribution in [1.82, 2.24) is 10.2 Å². The van der Waals surface area contributed by atoms with Crippen molar-refractivity contribution in [3.8, 4) is 17.2 Å². The molecule has 0 radical (unpaired) electrons. The number of nitrogens with zero attached hydrogens (tertiary/aromatic N) is 2. The minimum absolute atomic E-state index is 0.127. The van der Waals surface area contributed by atoms with Crippen LogP contribution >= 0.6 is 0 Å². The number of aromatic nitrogens is 2. The van der Waals surface area contributed by atoms with Gasteiger partial charge in [0.05, 0.1) is 0 Å². The van der Waals surface area contributed by atoms with Gasteiger partial charge < -0.3 is 13.6 Å². The SMILES string of the molecule is O=c1ccc2ccc(OCc3nnc(-c4ccccc4)o3)cc2o1. The summed E-state index contributed by atoms with van der Waals surface area (Å²) in [5, 5.41) is 8.80. The fourth-order valence-electron chi connectivity index (χ4n) is 2.29. The zero-order valence-electron chi connectivity index (χ0n) is 12.5. The third-order valence-corrected chi connectivity index (χ3v) is 3.44. The molecule has 0 saturated carbocycles. The first-order chi connectivity index (χ1) is 11.8. The topological polar surface area (TPSA) is 78.4 Å². The van der Waals surface area contributed by atoms with Crippen molar-refractivity contribution in [2.24, 2.45) is 0 Å². The normalized spacial score (nSPS) is 10.8. The number of ether oxygens (including phenoxy) is 1. The van der Waals surface area contributed by atoms with E-state index >= 15 is 0 Å². The Labute approximate surface area is 136 Å². The second-order valence-corrected chi connectivity index (χ2v) is 5.11. The van der Waals surface area contributed by atoms with Crippen molar-refractivity contribution >= 4 is 11.0 Å². The molecule has 4 aromatic rings. The molecule has 0 aliphatic rings. The van der Waals surface area contributed by atoms with Crippen LogP contribution in [0, 0.1) is 0 Å². The Kier molecular flexibility index (Phi) is 3.55. The number of hydrogen-bond acceptors (Lipinski definition) is 6. The molecule has 6 heteroatoms. The van der Waals surface area contributed by atoms with E-state index in [0.29, 0.717) is 23.1 Å². The van der Waals surface area contributed by atoms with Gasteiger partial charge in [-0.25, -0.2) is 4.79 Å². The van der Waals surface area contributed by atoms with Crippen molar-refractivity contribution < 1.29 is 13.6 Å². The second kappa shape index (κ2) is 6.00. The minimum Gasteiger partial charge on any atom is -0.484 e. The Morgan fingerprint density at radius 2 is 1.75 bits per heavy atom. The van der Waals surface area contributed by atoms with Gasteiger partial charge in [-0.05, 0) is 30.3 Å². The molecule has 0 saturated heterocycles. The highest BCUT2D eigenvalue weighted by molar-refractivity contribution is 5.77. The molecule has 0 atom stereocenters. The third-order valence-electron chi connectivity index (χ3n) is 3.44. The van der Waals surface area contributed by atoms with Gasteiger partial charge in [0.2, 0.25) is 5.89 Å². The van der Waals surface area contributed by atoms with Crippen LogP contribution in [-0.2, 0) is 6.61 Å². The standard InChI is InChI=1S/C18H12N2O4/c21-17-9-7-12-6-8-14(10-15(12)23-17)22-11-16-19-20-18(24-16)13-4-2-1-3-5-13/h1-10H,11H2. The van der Waals surface area contributed by atoms with E-state index in [1.807, 2.05) is 36.4 Å². The van der Waals surface area contributed by atoms with Crippen molar-refractivity contribution in [3.63, 3.8) is 0 Å². The number of rotatable bonds is 4. The number of benzene rings is 2. The van der Waals surface area contributed by atoms with Gasteiger partial charge in [-0.1, -0.05) is 18.2 Å². The summed E-state index contributed by atoms with van der Waals surface area (Å²) in [6.07, 6.45) is 0. The van der Waals surface area contributed by atoms with Crippen LogP contribution in [0.4, 0.5) is 0 Å². The van der Waals surface area contributed by atoms with Crippen LogP contribution < -0.4 is 10.4 Å². The molecular formula is C18H12N2O4. The monoisotopic (exact) mass is 320 g/mol. The fourth-order valence-corrected chi connectivity index (χ4v) is 2.29. The van der Waals surface area contributed by atoms with Crippen molar-refractivity contribution in [2.45, 2.75) is 6.61 Å². The van der Waals surface area contributed by atoms with E-state index < -0.39 is 5.63 Å². The highest BCUT2D eigenvalue weighted by Crippen LogP contribution is 2.21. The molecule has 0 aliphatic carbocycles. The fraction of sp³-hybridized carbons (Fsp3) is 0.0556. The molecule has 2 heterocycles. The van der Waals surface area contributed by atoms with Crippen molar-refractivity contribution in [1.29, 1.82) is 0 Å². The van der Waals surface area contributed by atoms with Gasteiger partial charge in [0, 0.05) is 23.1 Å². The molecule has 0 N–H and O–H groups in total. The summed E-state index contributed by atoms with van der Waals surface area (Å²) in [6, 6.07) is 17.9. The van der Waals surface area contributed by atoms with Gasteiger partial charge >= 0.3 is 5.63 Å². The van der Waals surface area contributed by atoms with Gasteiger partial charge in [-0.15, -0.1) is 10.2 Å². The lowest BCUT2D eigenvalue weighted by Gasteiger charge is -2.04. The lowest BCUT2D eigenvalue weighted by atomic mass is 10.2. The van der Waals surface area contributed by atoms with Crippen LogP contribution in [0.25, 0.3) is 22.4 Å². The number of fused-ring (bicyclic) bond motifs is 1. The first-order valence-electron chi connectivity index (χ1n) is 7.32. The minimum atomic E-state index is -0.399. The van der Waals surface area contributed by atoms with E-state index in [1.165, 1.54) is 6.07 Å². The molecule has 0 bridgehead atoms. The maximum atomic E-state index is 11.3. The van der Waals surface area contributed by atoms with E-state index in [9.17, 15) is 4.79 Å². The van der Waals surface area contributed by atoms with Crippen molar-refractivity contribution in [3.05, 3.63) is 77.0 Å². The molecule has 0 amide bonds. The Morgan fingerprint density at radius 3 is 2.62 bits per heavy atom. The van der Waals surface area contributed by atoms with Crippen LogP contribution in [0.5, 0.6) is 5.75 Å². The smallest absolute Gasteiger partial charge is 0.336 e.